The van der Waals surface area contributed by atoms with E-state index in [1.807, 2.05) is 6.92 Å². The average molecular weight is 317 g/mol. The number of hydrogen-bond acceptors (Lipinski definition) is 5. The minimum absolute atomic E-state index is 0.149. The van der Waals surface area contributed by atoms with Crippen LogP contribution in [-0.4, -0.2) is 47.1 Å². The molecule has 8 heteroatoms. The van der Waals surface area contributed by atoms with Crippen LogP contribution in [0.3, 0.4) is 0 Å². The number of hydrogen-bond donors (Lipinski definition) is 1. The van der Waals surface area contributed by atoms with Gasteiger partial charge in [0.15, 0.2) is 17.4 Å². The molecule has 0 radical (unpaired) electrons. The molecule has 2 aliphatic rings. The summed E-state index contributed by atoms with van der Waals surface area (Å²) in [5.74, 6) is 0.205. The van der Waals surface area contributed by atoms with Crippen molar-refractivity contribution in [2.24, 2.45) is 4.99 Å². The van der Waals surface area contributed by atoms with Gasteiger partial charge in [-0.25, -0.2) is 4.99 Å². The normalized spacial score (nSPS) is 31.9. The predicted octanol–water partition coefficient (Wildman–Crippen LogP) is 1.68. The zero-order chi connectivity index (χ0) is 15.8. The van der Waals surface area contributed by atoms with Gasteiger partial charge >= 0.3 is 6.09 Å². The second kappa shape index (κ2) is 5.65. The largest absolute Gasteiger partial charge is 0.524 e. The van der Waals surface area contributed by atoms with Gasteiger partial charge in [-0.15, -0.1) is 0 Å². The summed E-state index contributed by atoms with van der Waals surface area (Å²) in [5.41, 5.74) is 0. The van der Waals surface area contributed by atoms with Gasteiger partial charge in [0, 0.05) is 6.92 Å². The number of nitrogens with zero attached hydrogens (tertiary/aromatic N) is 2. The van der Waals surface area contributed by atoms with Crippen LogP contribution in [-0.2, 0) is 14.3 Å². The molecule has 2 aliphatic heterocycles. The first-order valence-corrected chi connectivity index (χ1v) is 7.27. The molecule has 3 unspecified atom stereocenters. The third kappa shape index (κ3) is 2.30. The van der Waals surface area contributed by atoms with Crippen molar-refractivity contribution in [2.45, 2.75) is 40.0 Å². The number of aliphatic imine (C=N–C) groups is 1. The van der Waals surface area contributed by atoms with Gasteiger partial charge in [0.25, 0.3) is 11.7 Å². The zero-order valence-electron chi connectivity index (χ0n) is 12.5. The Kier molecular flexibility index (Phi) is 4.25. The number of ether oxygens (including phenoxy) is 2. The molecule has 0 bridgehead atoms. The summed E-state index contributed by atoms with van der Waals surface area (Å²) in [6.45, 7) is 7.48. The Morgan fingerprint density at radius 1 is 1.48 bits per heavy atom. The molecule has 2 rings (SSSR count). The van der Waals surface area contributed by atoms with Crippen LogP contribution >= 0.6 is 11.6 Å². The molecule has 0 fully saturated rings. The van der Waals surface area contributed by atoms with E-state index in [-0.39, 0.29) is 27.9 Å². The van der Waals surface area contributed by atoms with Crippen LogP contribution < -0.4 is 5.32 Å². The first-order valence-electron chi connectivity index (χ1n) is 6.89. The lowest BCUT2D eigenvalue weighted by Crippen LogP contribution is -2.64. The van der Waals surface area contributed by atoms with Crippen molar-refractivity contribution >= 4 is 28.8 Å². The zero-order valence-corrected chi connectivity index (χ0v) is 13.2. The monoisotopic (exact) mass is 316 g/mol. The summed E-state index contributed by atoms with van der Waals surface area (Å²) in [7, 11) is 0. The van der Waals surface area contributed by atoms with E-state index in [1.54, 1.807) is 20.8 Å². The lowest BCUT2D eigenvalue weighted by Gasteiger charge is -2.42. The average Bonchev–Trinajstić information content (AvgIpc) is 2.42. The van der Waals surface area contributed by atoms with Crippen LogP contribution in [0, 0.1) is 0 Å². The number of rotatable bonds is 2. The molecule has 3 atom stereocenters. The topological polar surface area (TPSA) is 77.0 Å². The van der Waals surface area contributed by atoms with E-state index in [0.29, 0.717) is 12.4 Å². The molecule has 0 saturated heterocycles. The number of nitrogens with one attached hydrogen (secondary N) is 1. The standard InChI is InChI=1S/C13H18ClN3O4/c1-5-17(13(19)20-6-2)8(4)15-10(14)9-11(17)16-12(18)7(3)21-9/h7-8H,5-6H2,1-4H3/p+1. The summed E-state index contributed by atoms with van der Waals surface area (Å²) < 4.78 is 10.4. The van der Waals surface area contributed by atoms with E-state index >= 15 is 0 Å². The minimum Gasteiger partial charge on any atom is -0.471 e. The molecular weight excluding hydrogens is 298 g/mol. The highest BCUT2D eigenvalue weighted by Gasteiger charge is 2.55. The molecule has 0 aromatic carbocycles. The fourth-order valence-electron chi connectivity index (χ4n) is 2.53. The van der Waals surface area contributed by atoms with Crippen LogP contribution in [0.1, 0.15) is 27.7 Å². The van der Waals surface area contributed by atoms with E-state index in [0.717, 1.165) is 0 Å². The third-order valence-corrected chi connectivity index (χ3v) is 4.01. The molecular formula is C13H19ClN3O4+. The first kappa shape index (κ1) is 15.8. The molecule has 0 saturated carbocycles. The molecule has 7 nitrogen and oxygen atoms in total. The van der Waals surface area contributed by atoms with Crippen molar-refractivity contribution in [1.29, 1.82) is 0 Å². The Bertz CT molecular complexity index is 546. The maximum atomic E-state index is 12.5. The summed E-state index contributed by atoms with van der Waals surface area (Å²) in [6.07, 6.45) is -1.70. The van der Waals surface area contributed by atoms with E-state index in [2.05, 4.69) is 10.3 Å². The summed E-state index contributed by atoms with van der Waals surface area (Å²) in [6, 6.07) is 0. The van der Waals surface area contributed by atoms with Crippen molar-refractivity contribution in [3.8, 4) is 0 Å². The van der Waals surface area contributed by atoms with Gasteiger partial charge in [0.2, 0.25) is 5.76 Å². The van der Waals surface area contributed by atoms with E-state index < -0.39 is 18.4 Å². The molecule has 21 heavy (non-hydrogen) atoms. The number of amides is 2. The number of carbonyl (C=O) groups excluding carboxylic acids is 2. The van der Waals surface area contributed by atoms with Crippen molar-refractivity contribution in [3.63, 3.8) is 0 Å². The van der Waals surface area contributed by atoms with E-state index in [9.17, 15) is 9.59 Å². The van der Waals surface area contributed by atoms with Crippen molar-refractivity contribution in [1.82, 2.24) is 5.32 Å². The quantitative estimate of drug-likeness (QED) is 0.786. The number of halogens is 1. The van der Waals surface area contributed by atoms with Gasteiger partial charge in [-0.05, 0) is 20.8 Å². The van der Waals surface area contributed by atoms with E-state index in [1.165, 1.54) is 0 Å². The number of carbonyl (C=O) groups is 2. The van der Waals surface area contributed by atoms with Crippen LogP contribution in [0.2, 0.25) is 0 Å². The van der Waals surface area contributed by atoms with Gasteiger partial charge in [0.1, 0.15) is 0 Å². The SMILES string of the molecule is CCOC(=O)[N+]1(CC)C2=C(OC(C)C(=O)N2)C(Cl)=NC1C. The highest BCUT2D eigenvalue weighted by Crippen LogP contribution is 2.34. The maximum Gasteiger partial charge on any atom is 0.524 e. The number of quaternary nitrogens is 1. The lowest BCUT2D eigenvalue weighted by atomic mass is 10.2. The van der Waals surface area contributed by atoms with Gasteiger partial charge < -0.3 is 9.47 Å². The predicted molar refractivity (Wildman–Crippen MR) is 76.3 cm³/mol. The van der Waals surface area contributed by atoms with Crippen LogP contribution in [0.25, 0.3) is 0 Å². The maximum absolute atomic E-state index is 12.5. The smallest absolute Gasteiger partial charge is 0.471 e. The Hall–Kier alpha value is -1.60. The molecule has 2 heterocycles. The molecule has 116 valence electrons. The van der Waals surface area contributed by atoms with Crippen molar-refractivity contribution in [2.75, 3.05) is 13.2 Å². The van der Waals surface area contributed by atoms with Crippen LogP contribution in [0.5, 0.6) is 0 Å². The highest BCUT2D eigenvalue weighted by molar-refractivity contribution is 6.69. The number of allylic oxidation sites excluding steroid dienone is 1. The highest BCUT2D eigenvalue weighted by atomic mass is 35.5. The first-order chi connectivity index (χ1) is 9.88. The van der Waals surface area contributed by atoms with E-state index in [4.69, 9.17) is 21.1 Å². The molecule has 1 N–H and O–H groups in total. The van der Waals surface area contributed by atoms with Gasteiger partial charge in [-0.3, -0.25) is 10.1 Å². The summed E-state index contributed by atoms with van der Waals surface area (Å²) in [4.78, 5) is 28.7. The molecule has 0 spiro atoms. The Balaban J connectivity index is 2.58. The van der Waals surface area contributed by atoms with Gasteiger partial charge in [-0.1, -0.05) is 11.6 Å². The Labute approximate surface area is 128 Å². The summed E-state index contributed by atoms with van der Waals surface area (Å²) in [5, 5.41) is 2.88. The Morgan fingerprint density at radius 2 is 2.14 bits per heavy atom. The minimum atomic E-state index is -0.693. The lowest BCUT2D eigenvalue weighted by molar-refractivity contribution is -0.846. The van der Waals surface area contributed by atoms with Crippen LogP contribution in [0.15, 0.2) is 16.6 Å². The molecule has 0 aromatic rings. The fraction of sp³-hybridized carbons (Fsp3) is 0.615. The van der Waals surface area contributed by atoms with Gasteiger partial charge in [0.05, 0.1) is 13.2 Å². The molecule has 2 amide bonds. The molecule has 0 aromatic heterocycles. The molecule has 0 aliphatic carbocycles. The second-order valence-corrected chi connectivity index (χ2v) is 5.22. The van der Waals surface area contributed by atoms with Crippen molar-refractivity contribution < 1.29 is 23.5 Å². The Morgan fingerprint density at radius 3 is 2.71 bits per heavy atom. The van der Waals surface area contributed by atoms with Crippen LogP contribution in [0.4, 0.5) is 4.79 Å². The second-order valence-electron chi connectivity index (χ2n) is 4.86. The van der Waals surface area contributed by atoms with Crippen molar-refractivity contribution in [3.05, 3.63) is 11.6 Å². The third-order valence-electron chi connectivity index (χ3n) is 3.74. The van der Waals surface area contributed by atoms with Gasteiger partial charge in [-0.2, -0.15) is 9.28 Å². The summed E-state index contributed by atoms with van der Waals surface area (Å²) >= 11 is 6.12. The fourth-order valence-corrected chi connectivity index (χ4v) is 2.81.